The van der Waals surface area contributed by atoms with E-state index >= 15 is 0 Å². The van der Waals surface area contributed by atoms with Gasteiger partial charge in [-0.15, -0.1) is 0 Å². The number of hydrogen-bond donors (Lipinski definition) is 3. The van der Waals surface area contributed by atoms with Crippen LogP contribution in [0, 0.1) is 13.8 Å². The average Bonchev–Trinajstić information content (AvgIpc) is 2.30. The zero-order valence-electron chi connectivity index (χ0n) is 11.0. The second-order valence-corrected chi connectivity index (χ2v) is 4.67. The Bertz CT molecular complexity index is 615. The van der Waals surface area contributed by atoms with Crippen LogP contribution < -0.4 is 16.8 Å². The van der Waals surface area contributed by atoms with E-state index in [4.69, 9.17) is 11.5 Å². The molecular formula is C15H17N3O. The quantitative estimate of drug-likeness (QED) is 0.737. The molecule has 0 bridgehead atoms. The Hall–Kier alpha value is -2.49. The van der Waals surface area contributed by atoms with Crippen LogP contribution in [0.1, 0.15) is 21.5 Å². The van der Waals surface area contributed by atoms with Gasteiger partial charge in [0, 0.05) is 11.3 Å². The van der Waals surface area contributed by atoms with Crippen molar-refractivity contribution in [2.24, 2.45) is 5.73 Å². The van der Waals surface area contributed by atoms with E-state index in [1.807, 2.05) is 26.0 Å². The molecule has 98 valence electrons. The number of aryl methyl sites for hydroxylation is 2. The van der Waals surface area contributed by atoms with Crippen molar-refractivity contribution >= 4 is 23.0 Å². The molecule has 0 radical (unpaired) electrons. The maximum atomic E-state index is 11.2. The van der Waals surface area contributed by atoms with E-state index in [2.05, 4.69) is 11.4 Å². The second kappa shape index (κ2) is 5.02. The van der Waals surface area contributed by atoms with Crippen LogP contribution in [-0.2, 0) is 0 Å². The Labute approximate surface area is 112 Å². The Morgan fingerprint density at radius 1 is 1.05 bits per heavy atom. The number of nitrogens with one attached hydrogen (secondary N) is 1. The third-order valence-corrected chi connectivity index (χ3v) is 2.84. The number of nitrogen functional groups attached to an aromatic ring is 1. The highest BCUT2D eigenvalue weighted by Crippen LogP contribution is 2.25. The van der Waals surface area contributed by atoms with Crippen LogP contribution in [0.2, 0.25) is 0 Å². The van der Waals surface area contributed by atoms with E-state index in [1.165, 1.54) is 0 Å². The molecule has 4 heteroatoms. The summed E-state index contributed by atoms with van der Waals surface area (Å²) in [7, 11) is 0. The van der Waals surface area contributed by atoms with Crippen molar-refractivity contribution in [1.82, 2.24) is 0 Å². The number of carbonyl (C=O) groups is 1. The molecule has 0 fully saturated rings. The highest BCUT2D eigenvalue weighted by Gasteiger charge is 2.06. The lowest BCUT2D eigenvalue weighted by molar-refractivity contribution is 0.100. The first-order valence-electron chi connectivity index (χ1n) is 6.00. The molecule has 2 aromatic carbocycles. The van der Waals surface area contributed by atoms with Gasteiger partial charge in [0.2, 0.25) is 5.91 Å². The molecule has 0 atom stereocenters. The summed E-state index contributed by atoms with van der Waals surface area (Å²) < 4.78 is 0. The maximum absolute atomic E-state index is 11.2. The van der Waals surface area contributed by atoms with Crippen LogP contribution in [0.5, 0.6) is 0 Å². The summed E-state index contributed by atoms with van der Waals surface area (Å²) >= 11 is 0. The Kier molecular flexibility index (Phi) is 3.42. The first-order chi connectivity index (χ1) is 8.95. The summed E-state index contributed by atoms with van der Waals surface area (Å²) in [5.41, 5.74) is 16.1. The molecule has 0 saturated heterocycles. The van der Waals surface area contributed by atoms with Gasteiger partial charge in [0.05, 0.1) is 11.4 Å². The highest BCUT2D eigenvalue weighted by atomic mass is 16.1. The van der Waals surface area contributed by atoms with Gasteiger partial charge in [0.15, 0.2) is 0 Å². The standard InChI is InChI=1S/C15H17N3O/c1-9-5-10(2)7-12(6-9)18-14-8-11(15(17)19)3-4-13(14)16/h3-8,18H,16H2,1-2H3,(H2,17,19). The molecule has 19 heavy (non-hydrogen) atoms. The Balaban J connectivity index is 2.37. The lowest BCUT2D eigenvalue weighted by Crippen LogP contribution is -2.11. The van der Waals surface area contributed by atoms with Gasteiger partial charge in [0.1, 0.15) is 0 Å². The minimum absolute atomic E-state index is 0.432. The highest BCUT2D eigenvalue weighted by molar-refractivity contribution is 5.95. The molecule has 2 aromatic rings. The van der Waals surface area contributed by atoms with Gasteiger partial charge in [-0.3, -0.25) is 4.79 Å². The van der Waals surface area contributed by atoms with E-state index in [9.17, 15) is 4.79 Å². The summed E-state index contributed by atoms with van der Waals surface area (Å²) in [6.07, 6.45) is 0. The molecule has 5 N–H and O–H groups in total. The van der Waals surface area contributed by atoms with Crippen molar-refractivity contribution in [2.75, 3.05) is 11.1 Å². The molecular weight excluding hydrogens is 238 g/mol. The maximum Gasteiger partial charge on any atom is 0.248 e. The number of hydrogen-bond acceptors (Lipinski definition) is 3. The van der Waals surface area contributed by atoms with Crippen LogP contribution in [0.15, 0.2) is 36.4 Å². The van der Waals surface area contributed by atoms with Gasteiger partial charge >= 0.3 is 0 Å². The normalized spacial score (nSPS) is 10.2. The number of rotatable bonds is 3. The van der Waals surface area contributed by atoms with Crippen molar-refractivity contribution < 1.29 is 4.79 Å². The summed E-state index contributed by atoms with van der Waals surface area (Å²) in [6.45, 7) is 4.06. The number of primary amides is 1. The molecule has 0 aliphatic rings. The van der Waals surface area contributed by atoms with Gasteiger partial charge in [-0.2, -0.15) is 0 Å². The van der Waals surface area contributed by atoms with Gasteiger partial charge < -0.3 is 16.8 Å². The molecule has 0 aliphatic carbocycles. The van der Waals surface area contributed by atoms with Crippen LogP contribution >= 0.6 is 0 Å². The molecule has 2 rings (SSSR count). The van der Waals surface area contributed by atoms with Crippen LogP contribution in [0.3, 0.4) is 0 Å². The average molecular weight is 255 g/mol. The minimum Gasteiger partial charge on any atom is -0.397 e. The number of anilines is 3. The molecule has 0 saturated carbocycles. The van der Waals surface area contributed by atoms with Gasteiger partial charge in [-0.05, 0) is 55.3 Å². The van der Waals surface area contributed by atoms with Gasteiger partial charge in [-0.1, -0.05) is 6.07 Å². The van der Waals surface area contributed by atoms with Gasteiger partial charge in [0.25, 0.3) is 0 Å². The number of amides is 1. The molecule has 0 heterocycles. The van der Waals surface area contributed by atoms with E-state index in [0.717, 1.165) is 16.8 Å². The fourth-order valence-electron chi connectivity index (χ4n) is 2.02. The van der Waals surface area contributed by atoms with Crippen LogP contribution in [0.25, 0.3) is 0 Å². The lowest BCUT2D eigenvalue weighted by atomic mass is 10.1. The summed E-state index contributed by atoms with van der Waals surface area (Å²) in [4.78, 5) is 11.2. The first kappa shape index (κ1) is 13.0. The van der Waals surface area contributed by atoms with Crippen molar-refractivity contribution in [3.63, 3.8) is 0 Å². The van der Waals surface area contributed by atoms with Crippen molar-refractivity contribution in [3.05, 3.63) is 53.1 Å². The van der Waals surface area contributed by atoms with Crippen LogP contribution in [0.4, 0.5) is 17.1 Å². The minimum atomic E-state index is -0.469. The fourth-order valence-corrected chi connectivity index (χ4v) is 2.02. The monoisotopic (exact) mass is 255 g/mol. The molecule has 1 amide bonds. The molecule has 4 nitrogen and oxygen atoms in total. The summed E-state index contributed by atoms with van der Waals surface area (Å²) in [6, 6.07) is 11.1. The van der Waals surface area contributed by atoms with E-state index in [0.29, 0.717) is 16.9 Å². The molecule has 0 aliphatic heterocycles. The van der Waals surface area contributed by atoms with Crippen molar-refractivity contribution in [3.8, 4) is 0 Å². The predicted molar refractivity (Wildman–Crippen MR) is 78.6 cm³/mol. The lowest BCUT2D eigenvalue weighted by Gasteiger charge is -2.12. The largest absolute Gasteiger partial charge is 0.397 e. The second-order valence-electron chi connectivity index (χ2n) is 4.67. The molecule has 0 aromatic heterocycles. The smallest absolute Gasteiger partial charge is 0.248 e. The number of nitrogens with two attached hydrogens (primary N) is 2. The Morgan fingerprint density at radius 2 is 1.68 bits per heavy atom. The fraction of sp³-hybridized carbons (Fsp3) is 0.133. The Morgan fingerprint density at radius 3 is 2.26 bits per heavy atom. The van der Waals surface area contributed by atoms with Gasteiger partial charge in [-0.25, -0.2) is 0 Å². The number of benzene rings is 2. The summed E-state index contributed by atoms with van der Waals surface area (Å²) in [5.74, 6) is -0.469. The predicted octanol–water partition coefficient (Wildman–Crippen LogP) is 2.73. The SMILES string of the molecule is Cc1cc(C)cc(Nc2cc(C(N)=O)ccc2N)c1. The first-order valence-corrected chi connectivity index (χ1v) is 6.00. The zero-order chi connectivity index (χ0) is 14.0. The molecule has 0 unspecified atom stereocenters. The van der Waals surface area contributed by atoms with E-state index in [-0.39, 0.29) is 0 Å². The zero-order valence-corrected chi connectivity index (χ0v) is 11.0. The summed E-state index contributed by atoms with van der Waals surface area (Å²) in [5, 5.41) is 3.22. The van der Waals surface area contributed by atoms with Crippen molar-refractivity contribution in [2.45, 2.75) is 13.8 Å². The van der Waals surface area contributed by atoms with Crippen molar-refractivity contribution in [1.29, 1.82) is 0 Å². The number of carbonyl (C=O) groups excluding carboxylic acids is 1. The van der Waals surface area contributed by atoms with E-state index in [1.54, 1.807) is 18.2 Å². The van der Waals surface area contributed by atoms with Crippen LogP contribution in [-0.4, -0.2) is 5.91 Å². The third-order valence-electron chi connectivity index (χ3n) is 2.84. The van der Waals surface area contributed by atoms with E-state index < -0.39 is 5.91 Å². The molecule has 0 spiro atoms. The third kappa shape index (κ3) is 3.04. The topological polar surface area (TPSA) is 81.1 Å².